The Kier molecular flexibility index (Phi) is 7.01. The van der Waals surface area contributed by atoms with Crippen molar-refractivity contribution < 1.29 is 14.3 Å². The number of hydrogen-bond donors (Lipinski definition) is 1. The monoisotopic (exact) mass is 211 g/mol. The minimum atomic E-state index is 0.481. The zero-order valence-corrected chi connectivity index (χ0v) is 9.32. The molecule has 0 unspecified atom stereocenters. The molecule has 0 saturated heterocycles. The fourth-order valence-electron chi connectivity index (χ4n) is 1.00. The second-order valence-electron chi connectivity index (χ2n) is 2.61. The first-order chi connectivity index (χ1) is 7.24. The first-order valence-electron chi connectivity index (χ1n) is 4.61. The molecule has 2 N–H and O–H groups in total. The highest BCUT2D eigenvalue weighted by atomic mass is 16.5. The topological polar surface area (TPSA) is 61.5 Å². The Morgan fingerprint density at radius 2 is 1.93 bits per heavy atom. The molecule has 0 bridgehead atoms. The van der Waals surface area contributed by atoms with Crippen LogP contribution in [0.1, 0.15) is 17.3 Å². The van der Waals surface area contributed by atoms with E-state index in [9.17, 15) is 4.79 Å². The van der Waals surface area contributed by atoms with E-state index < -0.39 is 0 Å². The van der Waals surface area contributed by atoms with E-state index in [4.69, 9.17) is 15.2 Å². The molecule has 0 fully saturated rings. The van der Waals surface area contributed by atoms with Gasteiger partial charge in [-0.05, 0) is 18.7 Å². The summed E-state index contributed by atoms with van der Waals surface area (Å²) in [7, 11) is 3.04. The molecular weight excluding hydrogens is 194 g/mol. The van der Waals surface area contributed by atoms with Crippen molar-refractivity contribution in [3.63, 3.8) is 0 Å². The normalized spacial score (nSPS) is 8.53. The molecule has 84 valence electrons. The summed E-state index contributed by atoms with van der Waals surface area (Å²) in [5.74, 6) is 1.05. The van der Waals surface area contributed by atoms with Crippen molar-refractivity contribution in [1.29, 1.82) is 0 Å². The quantitative estimate of drug-likeness (QED) is 0.769. The highest BCUT2D eigenvalue weighted by Crippen LogP contribution is 2.29. The van der Waals surface area contributed by atoms with E-state index in [-0.39, 0.29) is 0 Å². The Labute approximate surface area is 90.0 Å². The average molecular weight is 211 g/mol. The maximum Gasteiger partial charge on any atom is 0.171 e. The molecule has 1 aromatic rings. The fraction of sp³-hybridized carbons (Fsp3) is 0.364. The van der Waals surface area contributed by atoms with Crippen molar-refractivity contribution in [1.82, 2.24) is 0 Å². The highest BCUT2D eigenvalue weighted by Gasteiger charge is 2.07. The van der Waals surface area contributed by atoms with Crippen LogP contribution >= 0.6 is 0 Å². The van der Waals surface area contributed by atoms with Gasteiger partial charge >= 0.3 is 0 Å². The van der Waals surface area contributed by atoms with E-state index in [1.165, 1.54) is 14.2 Å². The second-order valence-corrected chi connectivity index (χ2v) is 2.61. The Balaban J connectivity index is 0.000000583. The molecule has 1 aromatic carbocycles. The molecule has 0 atom stereocenters. The van der Waals surface area contributed by atoms with Gasteiger partial charge in [-0.15, -0.1) is 0 Å². The van der Waals surface area contributed by atoms with Gasteiger partial charge in [0.05, 0.1) is 19.8 Å². The zero-order valence-electron chi connectivity index (χ0n) is 9.32. The molecule has 0 aliphatic heterocycles. The van der Waals surface area contributed by atoms with Crippen molar-refractivity contribution in [2.24, 2.45) is 5.73 Å². The van der Waals surface area contributed by atoms with Crippen molar-refractivity contribution in [3.05, 3.63) is 23.8 Å². The number of ether oxygens (including phenoxy) is 2. The molecule has 0 aliphatic rings. The lowest BCUT2D eigenvalue weighted by molar-refractivity contribution is 0.112. The van der Waals surface area contributed by atoms with Crippen LogP contribution in [0.4, 0.5) is 0 Å². The minimum Gasteiger partial charge on any atom is -0.493 e. The van der Waals surface area contributed by atoms with E-state index in [1.807, 2.05) is 6.92 Å². The molecule has 0 saturated carbocycles. The number of carbonyl (C=O) groups is 1. The molecule has 0 aromatic heterocycles. The summed E-state index contributed by atoms with van der Waals surface area (Å²) in [6, 6.07) is 5.16. The number of methoxy groups -OCH3 is 2. The predicted molar refractivity (Wildman–Crippen MR) is 59.7 cm³/mol. The lowest BCUT2D eigenvalue weighted by Gasteiger charge is -2.07. The SMILES string of the molecule is CCN.COc1cccc(C=O)c1OC. The van der Waals surface area contributed by atoms with Gasteiger partial charge in [0.2, 0.25) is 0 Å². The number of benzene rings is 1. The van der Waals surface area contributed by atoms with Crippen molar-refractivity contribution in [3.8, 4) is 11.5 Å². The van der Waals surface area contributed by atoms with Gasteiger partial charge in [0.15, 0.2) is 17.8 Å². The highest BCUT2D eigenvalue weighted by molar-refractivity contribution is 5.81. The third-order valence-electron chi connectivity index (χ3n) is 1.56. The number of hydrogen-bond acceptors (Lipinski definition) is 4. The van der Waals surface area contributed by atoms with Gasteiger partial charge in [-0.25, -0.2) is 0 Å². The number of carbonyl (C=O) groups excluding carboxylic acids is 1. The average Bonchev–Trinajstić information content (AvgIpc) is 2.28. The van der Waals surface area contributed by atoms with Crippen LogP contribution in [0.15, 0.2) is 18.2 Å². The fourth-order valence-corrected chi connectivity index (χ4v) is 1.00. The zero-order chi connectivity index (χ0) is 11.7. The number of rotatable bonds is 3. The number of aldehydes is 1. The standard InChI is InChI=1S/C9H10O3.C2H7N/c1-11-8-5-3-4-7(6-10)9(8)12-2;1-2-3/h3-6H,1-2H3;2-3H2,1H3. The van der Waals surface area contributed by atoms with E-state index in [0.29, 0.717) is 17.1 Å². The maximum absolute atomic E-state index is 10.5. The van der Waals surface area contributed by atoms with Crippen LogP contribution in [0.25, 0.3) is 0 Å². The number of nitrogens with two attached hydrogens (primary N) is 1. The molecular formula is C11H17NO3. The predicted octanol–water partition coefficient (Wildman–Crippen LogP) is 1.48. The van der Waals surface area contributed by atoms with Crippen LogP contribution in [0.2, 0.25) is 0 Å². The van der Waals surface area contributed by atoms with Crippen LogP contribution in [0, 0.1) is 0 Å². The molecule has 0 radical (unpaired) electrons. The number of para-hydroxylation sites is 1. The molecule has 4 heteroatoms. The van der Waals surface area contributed by atoms with Gasteiger partial charge in [-0.3, -0.25) is 4.79 Å². The first kappa shape index (κ1) is 13.4. The summed E-state index contributed by atoms with van der Waals surface area (Å²) in [6.07, 6.45) is 0.737. The van der Waals surface area contributed by atoms with Crippen molar-refractivity contribution in [2.45, 2.75) is 6.92 Å². The van der Waals surface area contributed by atoms with Crippen LogP contribution in [-0.2, 0) is 0 Å². The summed E-state index contributed by atoms with van der Waals surface area (Å²) in [4.78, 5) is 10.5. The Morgan fingerprint density at radius 3 is 2.33 bits per heavy atom. The van der Waals surface area contributed by atoms with E-state index in [2.05, 4.69) is 0 Å². The summed E-state index contributed by atoms with van der Waals surface area (Å²) in [5.41, 5.74) is 5.34. The molecule has 1 rings (SSSR count). The summed E-state index contributed by atoms with van der Waals surface area (Å²) in [5, 5.41) is 0. The maximum atomic E-state index is 10.5. The molecule has 0 amide bonds. The third-order valence-corrected chi connectivity index (χ3v) is 1.56. The third kappa shape index (κ3) is 3.99. The van der Waals surface area contributed by atoms with E-state index >= 15 is 0 Å². The van der Waals surface area contributed by atoms with Crippen LogP contribution < -0.4 is 15.2 Å². The van der Waals surface area contributed by atoms with Gasteiger partial charge in [-0.2, -0.15) is 0 Å². The summed E-state index contributed by atoms with van der Waals surface area (Å²) < 4.78 is 10.00. The lowest BCUT2D eigenvalue weighted by Crippen LogP contribution is -1.94. The van der Waals surface area contributed by atoms with Gasteiger partial charge in [0.25, 0.3) is 0 Å². The Bertz CT molecular complexity index is 300. The molecule has 4 nitrogen and oxygen atoms in total. The molecule has 0 spiro atoms. The van der Waals surface area contributed by atoms with Gasteiger partial charge in [0.1, 0.15) is 0 Å². The van der Waals surface area contributed by atoms with E-state index in [1.54, 1.807) is 18.2 Å². The van der Waals surface area contributed by atoms with Gasteiger partial charge in [-0.1, -0.05) is 13.0 Å². The van der Waals surface area contributed by atoms with Crippen LogP contribution in [0.3, 0.4) is 0 Å². The first-order valence-corrected chi connectivity index (χ1v) is 4.61. The largest absolute Gasteiger partial charge is 0.493 e. The van der Waals surface area contributed by atoms with E-state index in [0.717, 1.165) is 12.8 Å². The lowest BCUT2D eigenvalue weighted by atomic mass is 10.2. The van der Waals surface area contributed by atoms with Crippen molar-refractivity contribution >= 4 is 6.29 Å². The molecule has 0 aliphatic carbocycles. The van der Waals surface area contributed by atoms with Crippen molar-refractivity contribution in [2.75, 3.05) is 20.8 Å². The molecule has 15 heavy (non-hydrogen) atoms. The second kappa shape index (κ2) is 7.82. The van der Waals surface area contributed by atoms with Crippen LogP contribution in [0.5, 0.6) is 11.5 Å². The van der Waals surface area contributed by atoms with Gasteiger partial charge < -0.3 is 15.2 Å². The molecule has 0 heterocycles. The Hall–Kier alpha value is -1.55. The smallest absolute Gasteiger partial charge is 0.171 e. The summed E-state index contributed by atoms with van der Waals surface area (Å²) >= 11 is 0. The van der Waals surface area contributed by atoms with Gasteiger partial charge in [0, 0.05) is 0 Å². The van der Waals surface area contributed by atoms with Crippen LogP contribution in [-0.4, -0.2) is 27.1 Å². The minimum absolute atomic E-state index is 0.481. The summed E-state index contributed by atoms with van der Waals surface area (Å²) in [6.45, 7) is 2.65. The Morgan fingerprint density at radius 1 is 1.33 bits per heavy atom.